The van der Waals surface area contributed by atoms with Gasteiger partial charge in [0.2, 0.25) is 0 Å². The van der Waals surface area contributed by atoms with Crippen molar-refractivity contribution in [1.29, 1.82) is 0 Å². The summed E-state index contributed by atoms with van der Waals surface area (Å²) in [4.78, 5) is 12.0. The van der Waals surface area contributed by atoms with Crippen molar-refractivity contribution in [1.82, 2.24) is 0 Å². The van der Waals surface area contributed by atoms with Crippen LogP contribution in [0.5, 0.6) is 0 Å². The van der Waals surface area contributed by atoms with E-state index in [-0.39, 0.29) is 5.91 Å². The Labute approximate surface area is 125 Å². The molecule has 0 aliphatic heterocycles. The van der Waals surface area contributed by atoms with Crippen molar-refractivity contribution in [3.05, 3.63) is 64.1 Å². The Bertz CT molecular complexity index is 651. The molecule has 2 N–H and O–H groups in total. The van der Waals surface area contributed by atoms with Crippen molar-refractivity contribution in [3.8, 4) is 0 Å². The van der Waals surface area contributed by atoms with E-state index >= 15 is 0 Å². The largest absolute Gasteiger partial charge is 0.411 e. The van der Waals surface area contributed by atoms with Gasteiger partial charge in [-0.05, 0) is 42.8 Å². The fourth-order valence-corrected chi connectivity index (χ4v) is 2.08. The molecule has 0 aliphatic rings. The van der Waals surface area contributed by atoms with E-state index < -0.39 is 0 Å². The van der Waals surface area contributed by atoms with Crippen molar-refractivity contribution in [2.24, 2.45) is 5.16 Å². The number of carbonyl (C=O) groups excluding carboxylic acids is 1. The quantitative estimate of drug-likeness (QED) is 0.508. The van der Waals surface area contributed by atoms with Crippen LogP contribution >= 0.6 is 15.9 Å². The van der Waals surface area contributed by atoms with E-state index in [1.165, 1.54) is 0 Å². The summed E-state index contributed by atoms with van der Waals surface area (Å²) < 4.78 is 0.857. The molecular formula is C15H13BrN2O2. The van der Waals surface area contributed by atoms with Crippen LogP contribution in [0.15, 0.2) is 58.2 Å². The molecule has 2 rings (SSSR count). The molecule has 0 fully saturated rings. The van der Waals surface area contributed by atoms with Gasteiger partial charge in [-0.1, -0.05) is 39.3 Å². The third-order valence-electron chi connectivity index (χ3n) is 2.80. The SMILES string of the molecule is C/C(=N\O)c1ccc(NC(=O)c2cccc(Br)c2)cc1. The number of hydrogen-bond donors (Lipinski definition) is 2. The molecule has 0 saturated carbocycles. The zero-order chi connectivity index (χ0) is 14.5. The van der Waals surface area contributed by atoms with Crippen LogP contribution in [0.25, 0.3) is 0 Å². The molecule has 4 nitrogen and oxygen atoms in total. The number of amides is 1. The lowest BCUT2D eigenvalue weighted by Crippen LogP contribution is -2.11. The van der Waals surface area contributed by atoms with Crippen molar-refractivity contribution in [2.75, 3.05) is 5.32 Å². The lowest BCUT2D eigenvalue weighted by molar-refractivity contribution is 0.102. The Kier molecular flexibility index (Phi) is 4.53. The maximum absolute atomic E-state index is 12.0. The van der Waals surface area contributed by atoms with Gasteiger partial charge in [0.15, 0.2) is 0 Å². The van der Waals surface area contributed by atoms with Gasteiger partial charge in [0, 0.05) is 15.7 Å². The molecule has 0 radical (unpaired) electrons. The molecule has 2 aromatic carbocycles. The average molecular weight is 333 g/mol. The van der Waals surface area contributed by atoms with Gasteiger partial charge in [-0.3, -0.25) is 4.79 Å². The topological polar surface area (TPSA) is 61.7 Å². The van der Waals surface area contributed by atoms with E-state index in [4.69, 9.17) is 5.21 Å². The van der Waals surface area contributed by atoms with Crippen LogP contribution in [0, 0.1) is 0 Å². The molecule has 0 spiro atoms. The molecule has 5 heteroatoms. The predicted molar refractivity (Wildman–Crippen MR) is 82.5 cm³/mol. The van der Waals surface area contributed by atoms with Crippen LogP contribution in [-0.4, -0.2) is 16.8 Å². The van der Waals surface area contributed by atoms with Crippen molar-refractivity contribution in [3.63, 3.8) is 0 Å². The van der Waals surface area contributed by atoms with Gasteiger partial charge in [0.1, 0.15) is 0 Å². The van der Waals surface area contributed by atoms with Crippen molar-refractivity contribution >= 4 is 33.2 Å². The van der Waals surface area contributed by atoms with Crippen molar-refractivity contribution in [2.45, 2.75) is 6.92 Å². The van der Waals surface area contributed by atoms with Crippen LogP contribution in [0.1, 0.15) is 22.8 Å². The first kappa shape index (κ1) is 14.3. The number of halogens is 1. The first-order valence-electron chi connectivity index (χ1n) is 5.96. The number of rotatable bonds is 3. The molecule has 0 unspecified atom stereocenters. The monoisotopic (exact) mass is 332 g/mol. The van der Waals surface area contributed by atoms with Gasteiger partial charge >= 0.3 is 0 Å². The number of carbonyl (C=O) groups is 1. The number of hydrogen-bond acceptors (Lipinski definition) is 3. The Hall–Kier alpha value is -2.14. The number of benzene rings is 2. The van der Waals surface area contributed by atoms with Gasteiger partial charge in [-0.2, -0.15) is 0 Å². The minimum atomic E-state index is -0.174. The van der Waals surface area contributed by atoms with E-state index in [0.29, 0.717) is 17.0 Å². The van der Waals surface area contributed by atoms with Crippen molar-refractivity contribution < 1.29 is 10.0 Å². The highest BCUT2D eigenvalue weighted by molar-refractivity contribution is 9.10. The van der Waals surface area contributed by atoms with Gasteiger partial charge in [0.05, 0.1) is 5.71 Å². The fraction of sp³-hybridized carbons (Fsp3) is 0.0667. The minimum Gasteiger partial charge on any atom is -0.411 e. The molecule has 2 aromatic rings. The number of oxime groups is 1. The third-order valence-corrected chi connectivity index (χ3v) is 3.29. The number of nitrogens with one attached hydrogen (secondary N) is 1. The van der Waals surface area contributed by atoms with Gasteiger partial charge < -0.3 is 10.5 Å². The Morgan fingerprint density at radius 1 is 1.15 bits per heavy atom. The van der Waals surface area contributed by atoms with Gasteiger partial charge in [-0.25, -0.2) is 0 Å². The second-order valence-electron chi connectivity index (χ2n) is 4.23. The summed E-state index contributed by atoms with van der Waals surface area (Å²) >= 11 is 3.33. The van der Waals surface area contributed by atoms with Crippen LogP contribution in [0.2, 0.25) is 0 Å². The Morgan fingerprint density at radius 3 is 2.45 bits per heavy atom. The highest BCUT2D eigenvalue weighted by Gasteiger charge is 2.06. The Balaban J connectivity index is 2.12. The van der Waals surface area contributed by atoms with Crippen LogP contribution in [-0.2, 0) is 0 Å². The summed E-state index contributed by atoms with van der Waals surface area (Å²) in [5.41, 5.74) is 2.59. The van der Waals surface area contributed by atoms with Crippen LogP contribution in [0.3, 0.4) is 0 Å². The maximum Gasteiger partial charge on any atom is 0.255 e. The van der Waals surface area contributed by atoms with Gasteiger partial charge in [0.25, 0.3) is 5.91 Å². The molecule has 0 aliphatic carbocycles. The molecule has 0 atom stereocenters. The molecular weight excluding hydrogens is 320 g/mol. The van der Waals surface area contributed by atoms with E-state index in [2.05, 4.69) is 26.4 Å². The molecule has 1 amide bonds. The molecule has 0 aromatic heterocycles. The summed E-state index contributed by atoms with van der Waals surface area (Å²) in [7, 11) is 0. The van der Waals surface area contributed by atoms with Crippen LogP contribution < -0.4 is 5.32 Å². The lowest BCUT2D eigenvalue weighted by Gasteiger charge is -2.06. The molecule has 102 valence electrons. The average Bonchev–Trinajstić information content (AvgIpc) is 2.47. The molecule has 0 saturated heterocycles. The predicted octanol–water partition coefficient (Wildman–Crippen LogP) is 3.90. The summed E-state index contributed by atoms with van der Waals surface area (Å²) in [6.07, 6.45) is 0. The third kappa shape index (κ3) is 3.45. The second-order valence-corrected chi connectivity index (χ2v) is 5.14. The van der Waals surface area contributed by atoms with E-state index in [0.717, 1.165) is 10.0 Å². The van der Waals surface area contributed by atoms with E-state index in [1.54, 1.807) is 43.3 Å². The fourth-order valence-electron chi connectivity index (χ4n) is 1.69. The standard InChI is InChI=1S/C15H13BrN2O2/c1-10(18-20)11-5-7-14(8-6-11)17-15(19)12-3-2-4-13(16)9-12/h2-9,20H,1H3,(H,17,19)/b18-10+. The Morgan fingerprint density at radius 2 is 1.85 bits per heavy atom. The normalized spacial score (nSPS) is 11.2. The molecule has 20 heavy (non-hydrogen) atoms. The summed E-state index contributed by atoms with van der Waals surface area (Å²) in [6, 6.07) is 14.3. The van der Waals surface area contributed by atoms with Gasteiger partial charge in [-0.15, -0.1) is 0 Å². The van der Waals surface area contributed by atoms with E-state index in [1.807, 2.05) is 12.1 Å². The zero-order valence-corrected chi connectivity index (χ0v) is 12.4. The number of nitrogens with zero attached hydrogens (tertiary/aromatic N) is 1. The molecule has 0 bridgehead atoms. The molecule has 0 heterocycles. The zero-order valence-electron chi connectivity index (χ0n) is 10.8. The smallest absolute Gasteiger partial charge is 0.255 e. The summed E-state index contributed by atoms with van der Waals surface area (Å²) in [6.45, 7) is 1.70. The van der Waals surface area contributed by atoms with Crippen LogP contribution in [0.4, 0.5) is 5.69 Å². The summed E-state index contributed by atoms with van der Waals surface area (Å²) in [5, 5.41) is 14.6. The number of anilines is 1. The second kappa shape index (κ2) is 6.34. The highest BCUT2D eigenvalue weighted by atomic mass is 79.9. The lowest BCUT2D eigenvalue weighted by atomic mass is 10.1. The first-order chi connectivity index (χ1) is 9.60. The minimum absolute atomic E-state index is 0.174. The maximum atomic E-state index is 12.0. The first-order valence-corrected chi connectivity index (χ1v) is 6.75. The summed E-state index contributed by atoms with van der Waals surface area (Å²) in [5.74, 6) is -0.174. The van der Waals surface area contributed by atoms with E-state index in [9.17, 15) is 4.79 Å². The highest BCUT2D eigenvalue weighted by Crippen LogP contribution is 2.15.